The highest BCUT2D eigenvalue weighted by atomic mass is 32.2. The summed E-state index contributed by atoms with van der Waals surface area (Å²) < 4.78 is 15.9. The molecule has 33 heavy (non-hydrogen) atoms. The van der Waals surface area contributed by atoms with Gasteiger partial charge in [-0.2, -0.15) is 0 Å². The number of thioether (sulfide) groups is 1. The molecule has 2 amide bonds. The Morgan fingerprint density at radius 3 is 2.79 bits per heavy atom. The highest BCUT2D eigenvalue weighted by Crippen LogP contribution is 2.31. The number of hydrogen-bond donors (Lipinski definition) is 1. The first kappa shape index (κ1) is 21.1. The van der Waals surface area contributed by atoms with E-state index in [9.17, 15) is 9.59 Å². The molecule has 1 aliphatic rings. The molecule has 4 heterocycles. The van der Waals surface area contributed by atoms with Crippen LogP contribution in [0.15, 0.2) is 57.7 Å². The Labute approximate surface area is 193 Å². The number of aryl methyl sites for hydroxylation is 1. The quantitative estimate of drug-likeness (QED) is 0.473. The number of benzene rings is 1. The van der Waals surface area contributed by atoms with E-state index >= 15 is 0 Å². The molecule has 0 spiro atoms. The minimum atomic E-state index is -0.625. The van der Waals surface area contributed by atoms with E-state index in [1.807, 2.05) is 0 Å². The fourth-order valence-corrected chi connectivity index (χ4v) is 4.88. The van der Waals surface area contributed by atoms with Gasteiger partial charge in [0, 0.05) is 11.4 Å². The molecule has 10 heteroatoms. The Bertz CT molecular complexity index is 1320. The van der Waals surface area contributed by atoms with E-state index in [1.54, 1.807) is 61.4 Å². The molecule has 168 valence electrons. The summed E-state index contributed by atoms with van der Waals surface area (Å²) in [4.78, 5) is 32.7. The van der Waals surface area contributed by atoms with Crippen LogP contribution in [0, 0.1) is 6.92 Å². The maximum Gasteiger partial charge on any atom is 0.259 e. The smallest absolute Gasteiger partial charge is 0.259 e. The summed E-state index contributed by atoms with van der Waals surface area (Å²) in [5.74, 6) is 1.54. The van der Waals surface area contributed by atoms with E-state index in [0.717, 1.165) is 0 Å². The minimum absolute atomic E-state index is 0.246. The molecule has 1 fully saturated rings. The zero-order chi connectivity index (χ0) is 22.9. The topological polar surface area (TPSA) is 111 Å². The van der Waals surface area contributed by atoms with Crippen molar-refractivity contribution in [3.63, 3.8) is 0 Å². The van der Waals surface area contributed by atoms with Crippen LogP contribution in [0.5, 0.6) is 5.75 Å². The van der Waals surface area contributed by atoms with Crippen molar-refractivity contribution in [3.8, 4) is 17.2 Å². The third-order valence-corrected chi connectivity index (χ3v) is 6.44. The molecular formula is C23H20N4O5S. The number of furan rings is 1. The van der Waals surface area contributed by atoms with E-state index in [1.165, 1.54) is 18.0 Å². The van der Waals surface area contributed by atoms with Crippen LogP contribution in [0.25, 0.3) is 22.6 Å². The Balaban J connectivity index is 1.45. The zero-order valence-electron chi connectivity index (χ0n) is 17.9. The van der Waals surface area contributed by atoms with Crippen LogP contribution >= 0.6 is 11.8 Å². The highest BCUT2D eigenvalue weighted by molar-refractivity contribution is 7.99. The molecule has 4 aromatic rings. The van der Waals surface area contributed by atoms with Crippen LogP contribution in [0.4, 0.5) is 5.69 Å². The van der Waals surface area contributed by atoms with Crippen molar-refractivity contribution in [3.05, 3.63) is 60.0 Å². The molecule has 1 unspecified atom stereocenters. The average Bonchev–Trinajstić information content (AvgIpc) is 3.60. The van der Waals surface area contributed by atoms with Crippen molar-refractivity contribution in [1.82, 2.24) is 15.0 Å². The molecule has 1 N–H and O–H groups in total. The number of rotatable bonds is 5. The molecule has 0 saturated carbocycles. The Kier molecular flexibility index (Phi) is 5.51. The maximum absolute atomic E-state index is 13.7. The van der Waals surface area contributed by atoms with Crippen LogP contribution in [0.3, 0.4) is 0 Å². The monoisotopic (exact) mass is 464 g/mol. The van der Waals surface area contributed by atoms with Gasteiger partial charge in [0.1, 0.15) is 17.5 Å². The molecule has 5 rings (SSSR count). The molecule has 9 nitrogen and oxygen atoms in total. The fraction of sp³-hybridized carbons (Fsp3) is 0.217. The first-order chi connectivity index (χ1) is 16.0. The van der Waals surface area contributed by atoms with Gasteiger partial charge in [0.2, 0.25) is 5.91 Å². The molecule has 0 aliphatic carbocycles. The fourth-order valence-electron chi connectivity index (χ4n) is 3.73. The minimum Gasteiger partial charge on any atom is -0.497 e. The molecule has 1 saturated heterocycles. The Morgan fingerprint density at radius 1 is 1.24 bits per heavy atom. The van der Waals surface area contributed by atoms with Gasteiger partial charge in [-0.15, -0.1) is 11.8 Å². The summed E-state index contributed by atoms with van der Waals surface area (Å²) in [7, 11) is 1.58. The number of anilines is 1. The second-order valence-electron chi connectivity index (χ2n) is 7.49. The first-order valence-electron chi connectivity index (χ1n) is 10.2. The lowest BCUT2D eigenvalue weighted by molar-refractivity contribution is -0.119. The van der Waals surface area contributed by atoms with Crippen molar-refractivity contribution in [1.29, 1.82) is 0 Å². The first-order valence-corrected chi connectivity index (χ1v) is 11.3. The number of carbonyl (C=O) groups is 2. The second-order valence-corrected chi connectivity index (χ2v) is 8.49. The number of hydrogen-bond acceptors (Lipinski definition) is 8. The van der Waals surface area contributed by atoms with E-state index in [4.69, 9.17) is 13.7 Å². The summed E-state index contributed by atoms with van der Waals surface area (Å²) in [5, 5.41) is 7.40. The lowest BCUT2D eigenvalue weighted by Crippen LogP contribution is -2.44. The van der Waals surface area contributed by atoms with E-state index < -0.39 is 6.04 Å². The summed E-state index contributed by atoms with van der Waals surface area (Å²) in [6.45, 7) is 1.75. The molecular weight excluding hydrogens is 444 g/mol. The second kappa shape index (κ2) is 8.62. The molecule has 1 aliphatic heterocycles. The van der Waals surface area contributed by atoms with E-state index in [2.05, 4.69) is 15.5 Å². The number of aromatic nitrogens is 2. The van der Waals surface area contributed by atoms with Gasteiger partial charge in [-0.05, 0) is 49.4 Å². The van der Waals surface area contributed by atoms with Crippen molar-refractivity contribution < 1.29 is 23.3 Å². The van der Waals surface area contributed by atoms with Crippen molar-refractivity contribution >= 4 is 40.4 Å². The van der Waals surface area contributed by atoms with Crippen LogP contribution in [0.1, 0.15) is 16.1 Å². The summed E-state index contributed by atoms with van der Waals surface area (Å²) >= 11 is 1.52. The number of methoxy groups -OCH3 is 1. The van der Waals surface area contributed by atoms with Gasteiger partial charge >= 0.3 is 0 Å². The van der Waals surface area contributed by atoms with Crippen molar-refractivity contribution in [2.45, 2.75) is 13.0 Å². The van der Waals surface area contributed by atoms with Crippen molar-refractivity contribution in [2.75, 3.05) is 24.1 Å². The number of carbonyl (C=O) groups excluding carboxylic acids is 2. The van der Waals surface area contributed by atoms with Gasteiger partial charge in [-0.3, -0.25) is 9.59 Å². The lowest BCUT2D eigenvalue weighted by Gasteiger charge is -2.23. The zero-order valence-corrected chi connectivity index (χ0v) is 18.7. The largest absolute Gasteiger partial charge is 0.497 e. The predicted molar refractivity (Wildman–Crippen MR) is 123 cm³/mol. The van der Waals surface area contributed by atoms with Gasteiger partial charge < -0.3 is 23.9 Å². The molecule has 0 radical (unpaired) electrons. The highest BCUT2D eigenvalue weighted by Gasteiger charge is 2.36. The van der Waals surface area contributed by atoms with Gasteiger partial charge in [0.15, 0.2) is 5.76 Å². The molecule has 1 aromatic carbocycles. The number of fused-ring (bicyclic) bond motifs is 1. The average molecular weight is 465 g/mol. The van der Waals surface area contributed by atoms with Crippen LogP contribution in [-0.2, 0) is 4.79 Å². The van der Waals surface area contributed by atoms with Gasteiger partial charge in [-0.25, -0.2) is 4.98 Å². The van der Waals surface area contributed by atoms with Crippen molar-refractivity contribution in [2.24, 2.45) is 0 Å². The normalized spacial score (nSPS) is 15.7. The third-order valence-electron chi connectivity index (χ3n) is 5.42. The van der Waals surface area contributed by atoms with Crippen LogP contribution in [0.2, 0.25) is 0 Å². The number of ether oxygens (including phenoxy) is 1. The predicted octanol–water partition coefficient (Wildman–Crippen LogP) is 3.95. The lowest BCUT2D eigenvalue weighted by atomic mass is 10.1. The summed E-state index contributed by atoms with van der Waals surface area (Å²) in [6, 6.07) is 11.6. The van der Waals surface area contributed by atoms with E-state index in [-0.39, 0.29) is 17.5 Å². The SMILES string of the molecule is COc1ccc(NC(=O)C2CSCN2C(=O)c2cc(-c3ccco3)nc3onc(C)c23)cc1. The van der Waals surface area contributed by atoms with Gasteiger partial charge in [0.25, 0.3) is 11.6 Å². The summed E-state index contributed by atoms with van der Waals surface area (Å²) in [6.07, 6.45) is 1.53. The standard InChI is InChI=1S/C23H20N4O5S/c1-13-20-16(10-17(19-4-3-9-31-19)25-22(20)32-26-13)23(29)27-12-33-11-18(27)21(28)24-14-5-7-15(30-2)8-6-14/h3-10,18H,11-12H2,1-2H3,(H,24,28). The van der Waals surface area contributed by atoms with Gasteiger partial charge in [0.05, 0.1) is 35.9 Å². The molecule has 0 bridgehead atoms. The van der Waals surface area contributed by atoms with Crippen LogP contribution < -0.4 is 10.1 Å². The molecule has 1 atom stereocenters. The van der Waals surface area contributed by atoms with Gasteiger partial charge in [-0.1, -0.05) is 5.16 Å². The third kappa shape index (κ3) is 3.93. The maximum atomic E-state index is 13.7. The number of nitrogens with zero attached hydrogens (tertiary/aromatic N) is 3. The molecule has 3 aromatic heterocycles. The van der Waals surface area contributed by atoms with Crippen LogP contribution in [-0.4, -0.2) is 51.6 Å². The number of amides is 2. The summed E-state index contributed by atoms with van der Waals surface area (Å²) in [5.41, 5.74) is 2.26. The van der Waals surface area contributed by atoms with E-state index in [0.29, 0.717) is 51.2 Å². The Morgan fingerprint density at radius 2 is 2.06 bits per heavy atom. The Hall–Kier alpha value is -3.79. The number of pyridine rings is 1. The number of nitrogens with one attached hydrogen (secondary N) is 1.